The van der Waals surface area contributed by atoms with Crippen LogP contribution in [0.3, 0.4) is 0 Å². The molecule has 1 aromatic heterocycles. The molecule has 0 N–H and O–H groups in total. The Morgan fingerprint density at radius 2 is 1.40 bits per heavy atom. The molecule has 0 aliphatic carbocycles. The van der Waals surface area contributed by atoms with Crippen LogP contribution in [0.2, 0.25) is 0 Å². The normalized spacial score (nSPS) is 35.5. The lowest BCUT2D eigenvalue weighted by atomic mass is 9.76. The van der Waals surface area contributed by atoms with Crippen molar-refractivity contribution >= 4 is 29.8 Å². The molecule has 4 heterocycles. The van der Waals surface area contributed by atoms with E-state index >= 15 is 0 Å². The largest absolute Gasteiger partial charge is 0.458 e. The Morgan fingerprint density at radius 3 is 1.96 bits per heavy atom. The second-order valence-corrected chi connectivity index (χ2v) is 20.3. The molecule has 18 heteroatoms. The molecule has 3 aromatic rings. The topological polar surface area (TPSA) is 199 Å². The van der Waals surface area contributed by atoms with Crippen LogP contribution in [0.15, 0.2) is 91.0 Å². The maximum atomic E-state index is 14.9. The van der Waals surface area contributed by atoms with Gasteiger partial charge in [0.15, 0.2) is 36.7 Å². The van der Waals surface area contributed by atoms with Gasteiger partial charge < -0.3 is 52.3 Å². The van der Waals surface area contributed by atoms with E-state index in [4.69, 9.17) is 47.4 Å². The molecule has 1 unspecified atom stereocenters. The molecular formula is C55H75N3O15. The smallest absolute Gasteiger partial charge is 0.419 e. The fraction of sp³-hybridized carbons (Fsp3) is 0.600. The van der Waals surface area contributed by atoms with Gasteiger partial charge in [-0.1, -0.05) is 57.2 Å². The van der Waals surface area contributed by atoms with E-state index in [-0.39, 0.29) is 42.8 Å². The van der Waals surface area contributed by atoms with Crippen LogP contribution in [0.1, 0.15) is 109 Å². The Balaban J connectivity index is 1.45. The molecule has 0 bridgehead atoms. The van der Waals surface area contributed by atoms with Gasteiger partial charge in [-0.15, -0.1) is 0 Å². The first-order valence-electron chi connectivity index (χ1n) is 25.2. The lowest BCUT2D eigenvalue weighted by molar-refractivity contribution is -0.318. The zero-order chi connectivity index (χ0) is 53.4. The Hall–Kier alpha value is -5.34. The maximum absolute atomic E-state index is 14.9. The van der Waals surface area contributed by atoms with Gasteiger partial charge >= 0.3 is 24.0 Å². The average Bonchev–Trinajstić information content (AvgIpc) is 3.93. The summed E-state index contributed by atoms with van der Waals surface area (Å²) in [7, 11) is 6.82. The number of hydrogen-bond donors (Lipinski definition) is 0. The van der Waals surface area contributed by atoms with Crippen molar-refractivity contribution in [3.8, 4) is 0 Å². The third-order valence-electron chi connectivity index (χ3n) is 14.6. The minimum absolute atomic E-state index is 0.0450. The molecule has 2 aromatic carbocycles. The van der Waals surface area contributed by atoms with Crippen molar-refractivity contribution in [1.82, 2.24) is 14.5 Å². The number of nitrogens with zero attached hydrogens (tertiary/aromatic N) is 3. The van der Waals surface area contributed by atoms with Crippen molar-refractivity contribution in [1.29, 1.82) is 0 Å². The molecule has 3 aliphatic rings. The highest BCUT2D eigenvalue weighted by Gasteiger charge is 2.54. The number of ketones is 1. The number of Topliss-reactive ketones (excluding diaryl/α,β-unsaturated/α-hetero) is 1. The van der Waals surface area contributed by atoms with Gasteiger partial charge in [0.05, 0.1) is 53.1 Å². The van der Waals surface area contributed by atoms with Crippen molar-refractivity contribution < 1.29 is 71.3 Å². The van der Waals surface area contributed by atoms with E-state index in [1.807, 2.05) is 45.8 Å². The summed E-state index contributed by atoms with van der Waals surface area (Å²) in [5.74, 6) is -4.79. The molecule has 0 spiro atoms. The Kier molecular flexibility index (Phi) is 19.3. The quantitative estimate of drug-likeness (QED) is 0.120. The van der Waals surface area contributed by atoms with E-state index in [0.29, 0.717) is 17.5 Å². The van der Waals surface area contributed by atoms with Gasteiger partial charge in [-0.3, -0.25) is 9.59 Å². The van der Waals surface area contributed by atoms with Gasteiger partial charge in [0.1, 0.15) is 18.0 Å². The number of carbonyl (C=O) groups excluding carboxylic acids is 5. The number of rotatable bonds is 13. The summed E-state index contributed by atoms with van der Waals surface area (Å²) in [6.07, 6.45) is -4.05. The SMILES string of the molecule is CC[C@H]1OC(=O)[C@H](C)[C@@H](OC2C[C@@](C)(OC)[C@@H](OC(=O)c3ccccc3)[C@H](C)O2)[C@H](C)[C@@H](O[C@@H]2O[C@H](C)C[C@H](N(C)C)[C@H]2OC(=O)c2ccccc2)[C@@](C)(OC)C[C@@H](C)C(=O)/C(C)=C\[C@@H]1OC(=O)n1ccnc1. The first kappa shape index (κ1) is 56.9. The van der Waals surface area contributed by atoms with E-state index < -0.39 is 108 Å². The highest BCUT2D eigenvalue weighted by atomic mass is 16.7. The summed E-state index contributed by atoms with van der Waals surface area (Å²) in [5.41, 5.74) is -1.54. The first-order chi connectivity index (χ1) is 34.6. The van der Waals surface area contributed by atoms with Gasteiger partial charge in [0.25, 0.3) is 0 Å². The second kappa shape index (κ2) is 24.8. The van der Waals surface area contributed by atoms with E-state index in [2.05, 4.69) is 4.98 Å². The lowest BCUT2D eigenvalue weighted by Crippen LogP contribution is -2.61. The molecule has 6 rings (SSSR count). The Bertz CT molecular complexity index is 2350. The lowest BCUT2D eigenvalue weighted by Gasteiger charge is -2.50. The third kappa shape index (κ3) is 13.5. The predicted octanol–water partition coefficient (Wildman–Crippen LogP) is 7.62. The minimum Gasteiger partial charge on any atom is -0.458 e. The Labute approximate surface area is 429 Å². The minimum atomic E-state index is -1.35. The van der Waals surface area contributed by atoms with Crippen molar-refractivity contribution in [3.63, 3.8) is 0 Å². The van der Waals surface area contributed by atoms with Crippen LogP contribution in [0.25, 0.3) is 0 Å². The van der Waals surface area contributed by atoms with Gasteiger partial charge in [0.2, 0.25) is 0 Å². The van der Waals surface area contributed by atoms with E-state index in [9.17, 15) is 24.0 Å². The van der Waals surface area contributed by atoms with Crippen molar-refractivity contribution in [2.45, 2.75) is 167 Å². The van der Waals surface area contributed by atoms with Crippen LogP contribution >= 0.6 is 0 Å². The van der Waals surface area contributed by atoms with Crippen LogP contribution in [0.4, 0.5) is 4.79 Å². The summed E-state index contributed by atoms with van der Waals surface area (Å²) in [6.45, 7) is 16.0. The van der Waals surface area contributed by atoms with Crippen molar-refractivity contribution in [3.05, 3.63) is 102 Å². The molecule has 3 aliphatic heterocycles. The first-order valence-corrected chi connectivity index (χ1v) is 25.2. The molecule has 73 heavy (non-hydrogen) atoms. The van der Waals surface area contributed by atoms with Crippen molar-refractivity contribution in [2.75, 3.05) is 28.3 Å². The molecule has 400 valence electrons. The average molecular weight is 1020 g/mol. The number of methoxy groups -OCH3 is 2. The number of aromatic nitrogens is 2. The van der Waals surface area contributed by atoms with Gasteiger partial charge in [-0.2, -0.15) is 0 Å². The second-order valence-electron chi connectivity index (χ2n) is 20.3. The van der Waals surface area contributed by atoms with Crippen LogP contribution in [-0.4, -0.2) is 151 Å². The number of allylic oxidation sites excluding steroid dienone is 1. The fourth-order valence-corrected chi connectivity index (χ4v) is 10.4. The number of esters is 3. The fourth-order valence-electron chi connectivity index (χ4n) is 10.4. The molecule has 0 radical (unpaired) electrons. The number of imidazole rings is 1. The van der Waals surface area contributed by atoms with E-state index in [1.54, 1.807) is 96.1 Å². The number of benzene rings is 2. The molecule has 2 saturated heterocycles. The van der Waals surface area contributed by atoms with Gasteiger partial charge in [-0.25, -0.2) is 23.9 Å². The van der Waals surface area contributed by atoms with Crippen LogP contribution in [-0.2, 0) is 57.0 Å². The van der Waals surface area contributed by atoms with Crippen LogP contribution in [0, 0.1) is 17.8 Å². The zero-order valence-corrected chi connectivity index (χ0v) is 44.5. The summed E-state index contributed by atoms with van der Waals surface area (Å²) in [4.78, 5) is 76.2. The molecule has 18 nitrogen and oxygen atoms in total. The van der Waals surface area contributed by atoms with Crippen molar-refractivity contribution in [2.24, 2.45) is 17.8 Å². The predicted molar refractivity (Wildman–Crippen MR) is 266 cm³/mol. The third-order valence-corrected chi connectivity index (χ3v) is 14.6. The van der Waals surface area contributed by atoms with E-state index in [0.717, 1.165) is 4.57 Å². The monoisotopic (exact) mass is 1020 g/mol. The zero-order valence-electron chi connectivity index (χ0n) is 44.5. The standard InChI is InChI=1S/C55H75N3O15/c1-14-41-42(69-53(63)58-26-25-56-31-58)27-32(2)44(59)33(3)29-54(8,64-12)47(73-52-46(40(57(10)11)28-34(4)66-52)71-50(61)38-21-17-15-18-22-38)35(5)45(36(6)49(60)68-41)70-43-30-55(9,65-13)48(37(7)67-43)72-51(62)39-23-19-16-20-24-39/h15-27,31,33-37,40-43,45-48,52H,14,28-30H2,1-13H3/b32-27-/t33-,34-,35+,36-,37+,40+,41-,42+,43?,45+,46-,47-,48+,52+,54+,55-/m1/s1. The molecule has 0 saturated carbocycles. The highest BCUT2D eigenvalue weighted by Crippen LogP contribution is 2.42. The van der Waals surface area contributed by atoms with Gasteiger partial charge in [-0.05, 0) is 111 Å². The highest BCUT2D eigenvalue weighted by molar-refractivity contribution is 5.96. The number of ether oxygens (including phenoxy) is 10. The number of carbonyl (C=O) groups is 5. The summed E-state index contributed by atoms with van der Waals surface area (Å²) in [6, 6.07) is 16.9. The maximum Gasteiger partial charge on any atom is 0.419 e. The number of cyclic esters (lactones) is 1. The van der Waals surface area contributed by atoms with Gasteiger partial charge in [0, 0.05) is 44.9 Å². The molecule has 2 fully saturated rings. The summed E-state index contributed by atoms with van der Waals surface area (Å²) >= 11 is 0. The molecule has 16 atom stereocenters. The summed E-state index contributed by atoms with van der Waals surface area (Å²) in [5, 5.41) is 0. The number of hydrogen-bond acceptors (Lipinski definition) is 17. The summed E-state index contributed by atoms with van der Waals surface area (Å²) < 4.78 is 66.0. The van der Waals surface area contributed by atoms with Crippen LogP contribution in [0.5, 0.6) is 0 Å². The Morgan fingerprint density at radius 1 is 0.795 bits per heavy atom. The molecular weight excluding hydrogens is 943 g/mol. The number of likely N-dealkylation sites (N-methyl/N-ethyl adjacent to an activating group) is 1. The van der Waals surface area contributed by atoms with E-state index in [1.165, 1.54) is 39.0 Å². The molecule has 0 amide bonds. The van der Waals surface area contributed by atoms with Crippen LogP contribution < -0.4 is 0 Å².